The number of carbonyl (C=O) groups is 3. The molecule has 2 aliphatic heterocycles. The number of halogens is 1. The predicted molar refractivity (Wildman–Crippen MR) is 120 cm³/mol. The van der Waals surface area contributed by atoms with Crippen LogP contribution in [0.2, 0.25) is 0 Å². The molecule has 2 amide bonds. The summed E-state index contributed by atoms with van der Waals surface area (Å²) in [6, 6.07) is 14.9. The molecule has 4 rings (SSSR count). The number of hydrogen-bond acceptors (Lipinski definition) is 4. The van der Waals surface area contributed by atoms with Crippen LogP contribution >= 0.6 is 15.9 Å². The molecular weight excluding hydrogens is 460 g/mol. The third-order valence-corrected chi connectivity index (χ3v) is 7.16. The first-order valence-electron chi connectivity index (χ1n) is 10.5. The molecule has 31 heavy (non-hydrogen) atoms. The van der Waals surface area contributed by atoms with E-state index in [0.29, 0.717) is 12.0 Å². The smallest absolute Gasteiger partial charge is 0.335 e. The van der Waals surface area contributed by atoms with Gasteiger partial charge < -0.3 is 5.11 Å². The van der Waals surface area contributed by atoms with Gasteiger partial charge in [0.2, 0.25) is 11.8 Å². The summed E-state index contributed by atoms with van der Waals surface area (Å²) in [6.07, 6.45) is 2.31. The molecule has 2 aromatic carbocycles. The minimum Gasteiger partial charge on any atom is -0.478 e. The van der Waals surface area contributed by atoms with Crippen LogP contribution in [0.4, 0.5) is 0 Å². The van der Waals surface area contributed by atoms with E-state index in [-0.39, 0.29) is 29.7 Å². The Morgan fingerprint density at radius 2 is 1.84 bits per heavy atom. The molecule has 0 aromatic heterocycles. The molecule has 0 spiro atoms. The number of imide groups is 1. The van der Waals surface area contributed by atoms with Crippen molar-refractivity contribution >= 4 is 33.7 Å². The van der Waals surface area contributed by atoms with Gasteiger partial charge >= 0.3 is 5.97 Å². The number of carboxylic acid groups (broad SMARTS) is 1. The van der Waals surface area contributed by atoms with Gasteiger partial charge in [-0.2, -0.15) is 0 Å². The fourth-order valence-electron chi connectivity index (χ4n) is 4.99. The van der Waals surface area contributed by atoms with Gasteiger partial charge in [-0.25, -0.2) is 4.79 Å². The number of amides is 2. The van der Waals surface area contributed by atoms with Crippen LogP contribution in [0.25, 0.3) is 0 Å². The topological polar surface area (TPSA) is 86.7 Å². The van der Waals surface area contributed by atoms with Crippen molar-refractivity contribution in [2.45, 2.75) is 37.6 Å². The maximum Gasteiger partial charge on any atom is 0.335 e. The van der Waals surface area contributed by atoms with Crippen molar-refractivity contribution in [1.82, 2.24) is 10.2 Å². The molecule has 6 nitrogen and oxygen atoms in total. The largest absolute Gasteiger partial charge is 0.478 e. The molecule has 0 aliphatic carbocycles. The van der Waals surface area contributed by atoms with E-state index >= 15 is 0 Å². The van der Waals surface area contributed by atoms with Gasteiger partial charge in [-0.3, -0.25) is 19.8 Å². The summed E-state index contributed by atoms with van der Waals surface area (Å²) in [6.45, 7) is 2.55. The Bertz CT molecular complexity index is 999. The molecule has 2 aromatic rings. The SMILES string of the molecule is O=C1CCC(c2cccc(C(=O)O)c2)(C2CCN(Cc3ccc(Br)cc3)CC2)C(=O)N1. The van der Waals surface area contributed by atoms with Crippen molar-refractivity contribution in [2.75, 3.05) is 13.1 Å². The Labute approximate surface area is 189 Å². The number of nitrogens with zero attached hydrogens (tertiary/aromatic N) is 1. The molecule has 2 aliphatic rings. The molecule has 0 bridgehead atoms. The van der Waals surface area contributed by atoms with Crippen LogP contribution in [0.15, 0.2) is 53.0 Å². The van der Waals surface area contributed by atoms with E-state index in [1.165, 1.54) is 11.6 Å². The van der Waals surface area contributed by atoms with E-state index in [4.69, 9.17) is 0 Å². The quantitative estimate of drug-likeness (QED) is 0.631. The van der Waals surface area contributed by atoms with Crippen LogP contribution < -0.4 is 5.32 Å². The highest BCUT2D eigenvalue weighted by Gasteiger charge is 2.50. The summed E-state index contributed by atoms with van der Waals surface area (Å²) >= 11 is 3.46. The highest BCUT2D eigenvalue weighted by atomic mass is 79.9. The van der Waals surface area contributed by atoms with Crippen LogP contribution in [0, 0.1) is 5.92 Å². The number of aromatic carboxylic acids is 1. The van der Waals surface area contributed by atoms with Crippen molar-refractivity contribution in [1.29, 1.82) is 0 Å². The zero-order valence-electron chi connectivity index (χ0n) is 17.1. The number of hydrogen-bond donors (Lipinski definition) is 2. The second-order valence-electron chi connectivity index (χ2n) is 8.41. The molecule has 0 saturated carbocycles. The van der Waals surface area contributed by atoms with Crippen molar-refractivity contribution < 1.29 is 19.5 Å². The summed E-state index contributed by atoms with van der Waals surface area (Å²) in [4.78, 5) is 39.0. The van der Waals surface area contributed by atoms with Gasteiger partial charge in [-0.1, -0.05) is 40.2 Å². The minimum absolute atomic E-state index is 0.0470. The first kappa shape index (κ1) is 21.7. The lowest BCUT2D eigenvalue weighted by molar-refractivity contribution is -0.140. The van der Waals surface area contributed by atoms with E-state index in [9.17, 15) is 19.5 Å². The number of likely N-dealkylation sites (tertiary alicyclic amines) is 1. The standard InChI is InChI=1S/C24H25BrN2O4/c25-20-6-4-16(5-7-20)15-27-12-9-18(10-13-27)24(11-8-21(28)26-23(24)31)19-3-1-2-17(14-19)22(29)30/h1-7,14,18H,8-13,15H2,(H,29,30)(H,26,28,31). The Kier molecular flexibility index (Phi) is 6.25. The van der Waals surface area contributed by atoms with E-state index in [1.54, 1.807) is 12.1 Å². The highest BCUT2D eigenvalue weighted by molar-refractivity contribution is 9.10. The van der Waals surface area contributed by atoms with Gasteiger partial charge in [0, 0.05) is 17.4 Å². The Morgan fingerprint density at radius 1 is 1.13 bits per heavy atom. The molecule has 2 fully saturated rings. The van der Waals surface area contributed by atoms with Crippen LogP contribution in [0.5, 0.6) is 0 Å². The minimum atomic E-state index is -1.02. The summed E-state index contributed by atoms with van der Waals surface area (Å²) in [7, 11) is 0. The lowest BCUT2D eigenvalue weighted by Gasteiger charge is -2.45. The zero-order chi connectivity index (χ0) is 22.0. The maximum absolute atomic E-state index is 13.2. The highest BCUT2D eigenvalue weighted by Crippen LogP contribution is 2.44. The average Bonchev–Trinajstić information content (AvgIpc) is 2.76. The molecule has 1 unspecified atom stereocenters. The van der Waals surface area contributed by atoms with Crippen LogP contribution in [0.3, 0.4) is 0 Å². The van der Waals surface area contributed by atoms with Crippen LogP contribution in [-0.4, -0.2) is 40.9 Å². The van der Waals surface area contributed by atoms with Crippen LogP contribution in [0.1, 0.15) is 47.2 Å². The number of benzene rings is 2. The van der Waals surface area contributed by atoms with Crippen molar-refractivity contribution in [3.05, 3.63) is 69.7 Å². The molecule has 7 heteroatoms. The van der Waals surface area contributed by atoms with Gasteiger partial charge in [-0.15, -0.1) is 0 Å². The number of rotatable bonds is 5. The van der Waals surface area contributed by atoms with Crippen molar-refractivity contribution in [3.8, 4) is 0 Å². The fourth-order valence-corrected chi connectivity index (χ4v) is 5.25. The normalized spacial score (nSPS) is 22.9. The molecule has 0 radical (unpaired) electrons. The molecule has 1 atom stereocenters. The lowest BCUT2D eigenvalue weighted by atomic mass is 9.62. The summed E-state index contributed by atoms with van der Waals surface area (Å²) in [5, 5.41) is 12.0. The summed E-state index contributed by atoms with van der Waals surface area (Å²) in [5.41, 5.74) is 1.23. The Hall–Kier alpha value is -2.51. The van der Waals surface area contributed by atoms with Crippen LogP contribution in [-0.2, 0) is 21.5 Å². The number of carbonyl (C=O) groups excluding carboxylic acids is 2. The molecule has 2 N–H and O–H groups in total. The van der Waals surface area contributed by atoms with Crippen molar-refractivity contribution in [2.24, 2.45) is 5.92 Å². The Morgan fingerprint density at radius 3 is 2.48 bits per heavy atom. The fraction of sp³-hybridized carbons (Fsp3) is 0.375. The molecule has 2 saturated heterocycles. The molecule has 162 valence electrons. The number of nitrogens with one attached hydrogen (secondary N) is 1. The second kappa shape index (κ2) is 8.93. The summed E-state index contributed by atoms with van der Waals surface area (Å²) < 4.78 is 1.05. The average molecular weight is 485 g/mol. The van der Waals surface area contributed by atoms with E-state index in [0.717, 1.165) is 36.9 Å². The monoisotopic (exact) mass is 484 g/mol. The lowest BCUT2D eigenvalue weighted by Crippen LogP contribution is -2.57. The predicted octanol–water partition coefficient (Wildman–Crippen LogP) is 3.73. The molecular formula is C24H25BrN2O4. The third-order valence-electron chi connectivity index (χ3n) is 6.63. The zero-order valence-corrected chi connectivity index (χ0v) is 18.7. The first-order chi connectivity index (χ1) is 14.9. The van der Waals surface area contributed by atoms with E-state index in [1.807, 2.05) is 18.2 Å². The van der Waals surface area contributed by atoms with E-state index < -0.39 is 11.4 Å². The maximum atomic E-state index is 13.2. The van der Waals surface area contributed by atoms with E-state index in [2.05, 4.69) is 38.3 Å². The number of piperidine rings is 2. The van der Waals surface area contributed by atoms with Gasteiger partial charge in [0.15, 0.2) is 0 Å². The number of carboxylic acids is 1. The van der Waals surface area contributed by atoms with Crippen molar-refractivity contribution in [3.63, 3.8) is 0 Å². The van der Waals surface area contributed by atoms with Gasteiger partial charge in [0.05, 0.1) is 11.0 Å². The second-order valence-corrected chi connectivity index (χ2v) is 9.33. The first-order valence-corrected chi connectivity index (χ1v) is 11.3. The van der Waals surface area contributed by atoms with Gasteiger partial charge in [0.25, 0.3) is 0 Å². The summed E-state index contributed by atoms with van der Waals surface area (Å²) in [5.74, 6) is -1.53. The van der Waals surface area contributed by atoms with Gasteiger partial charge in [0.1, 0.15) is 0 Å². The molecule has 2 heterocycles. The third kappa shape index (κ3) is 4.43. The van der Waals surface area contributed by atoms with Gasteiger partial charge in [-0.05, 0) is 73.7 Å². The Balaban J connectivity index is 1.57.